The maximum absolute atomic E-state index is 5.55. The molecule has 0 aliphatic rings. The number of aryl methyl sites for hydroxylation is 1. The van der Waals surface area contributed by atoms with Gasteiger partial charge in [-0.2, -0.15) is 0 Å². The zero-order valence-corrected chi connectivity index (χ0v) is 9.04. The number of nitrogens with one attached hydrogen (secondary N) is 1. The summed E-state index contributed by atoms with van der Waals surface area (Å²) in [6, 6.07) is 0.221. The third kappa shape index (κ3) is 3.12. The largest absolute Gasteiger partial charge is 0.444 e. The Bertz CT molecular complexity index is 260. The van der Waals surface area contributed by atoms with Gasteiger partial charge < -0.3 is 14.5 Å². The number of oxazole rings is 1. The van der Waals surface area contributed by atoms with Gasteiger partial charge in [-0.15, -0.1) is 0 Å². The maximum atomic E-state index is 5.55. The third-order valence-electron chi connectivity index (χ3n) is 2.17. The van der Waals surface area contributed by atoms with E-state index in [0.717, 1.165) is 31.1 Å². The van der Waals surface area contributed by atoms with Crippen LogP contribution in [-0.4, -0.2) is 25.7 Å². The molecule has 0 bridgehead atoms. The number of rotatable bonds is 6. The molecule has 1 unspecified atom stereocenters. The fraction of sp³-hybridized carbons (Fsp3) is 0.700. The van der Waals surface area contributed by atoms with Crippen LogP contribution < -0.4 is 5.32 Å². The van der Waals surface area contributed by atoms with Crippen molar-refractivity contribution in [3.05, 3.63) is 17.8 Å². The topological polar surface area (TPSA) is 47.3 Å². The van der Waals surface area contributed by atoms with Crippen molar-refractivity contribution >= 4 is 0 Å². The van der Waals surface area contributed by atoms with E-state index in [4.69, 9.17) is 9.15 Å². The smallest absolute Gasteiger partial charge is 0.194 e. The molecule has 4 heteroatoms. The van der Waals surface area contributed by atoms with Crippen LogP contribution in [0, 0.1) is 0 Å². The van der Waals surface area contributed by atoms with Crippen LogP contribution in [0.25, 0.3) is 0 Å². The summed E-state index contributed by atoms with van der Waals surface area (Å²) in [5, 5.41) is 3.10. The Morgan fingerprint density at radius 2 is 2.43 bits per heavy atom. The van der Waals surface area contributed by atoms with Crippen molar-refractivity contribution in [2.24, 2.45) is 0 Å². The molecule has 1 aromatic heterocycles. The molecule has 0 aliphatic carbocycles. The van der Waals surface area contributed by atoms with Gasteiger partial charge in [0.25, 0.3) is 0 Å². The summed E-state index contributed by atoms with van der Waals surface area (Å²) in [6.45, 7) is 2.79. The molecule has 1 N–H and O–H groups in total. The standard InChI is InChI=1S/C10H18N2O2/c1-8(11-2)9-7-12-10(14-9)5-4-6-13-3/h7-8,11H,4-6H2,1-3H3. The number of hydrogen-bond donors (Lipinski definition) is 1. The molecule has 0 spiro atoms. The van der Waals surface area contributed by atoms with Gasteiger partial charge in [0.05, 0.1) is 12.2 Å². The summed E-state index contributed by atoms with van der Waals surface area (Å²) < 4.78 is 10.5. The summed E-state index contributed by atoms with van der Waals surface area (Å²) in [7, 11) is 3.60. The highest BCUT2D eigenvalue weighted by Crippen LogP contribution is 2.13. The maximum Gasteiger partial charge on any atom is 0.194 e. The number of aromatic nitrogens is 1. The SMILES string of the molecule is CNC(C)c1cnc(CCCOC)o1. The van der Waals surface area contributed by atoms with E-state index in [9.17, 15) is 0 Å². The van der Waals surface area contributed by atoms with E-state index in [1.165, 1.54) is 0 Å². The molecule has 0 aromatic carbocycles. The van der Waals surface area contributed by atoms with E-state index < -0.39 is 0 Å². The monoisotopic (exact) mass is 198 g/mol. The Labute approximate surface area is 84.7 Å². The molecule has 1 aromatic rings. The highest BCUT2D eigenvalue weighted by molar-refractivity contribution is 4.99. The number of nitrogens with zero attached hydrogens (tertiary/aromatic N) is 1. The minimum Gasteiger partial charge on any atom is -0.444 e. The normalized spacial score (nSPS) is 13.1. The quantitative estimate of drug-likeness (QED) is 0.704. The highest BCUT2D eigenvalue weighted by Gasteiger charge is 2.08. The van der Waals surface area contributed by atoms with Crippen molar-refractivity contribution in [2.75, 3.05) is 20.8 Å². The molecule has 0 radical (unpaired) electrons. The van der Waals surface area contributed by atoms with Crippen LogP contribution in [0.2, 0.25) is 0 Å². The van der Waals surface area contributed by atoms with Crippen LogP contribution in [0.4, 0.5) is 0 Å². The Morgan fingerprint density at radius 1 is 1.64 bits per heavy atom. The second-order valence-electron chi connectivity index (χ2n) is 3.26. The first-order valence-corrected chi connectivity index (χ1v) is 4.88. The molecule has 0 saturated carbocycles. The van der Waals surface area contributed by atoms with E-state index in [0.29, 0.717) is 0 Å². The van der Waals surface area contributed by atoms with E-state index in [1.807, 2.05) is 14.0 Å². The number of ether oxygens (including phenoxy) is 1. The second kappa shape index (κ2) is 5.78. The molecule has 80 valence electrons. The van der Waals surface area contributed by atoms with Crippen molar-refractivity contribution in [2.45, 2.75) is 25.8 Å². The molecule has 0 saturated heterocycles. The number of methoxy groups -OCH3 is 1. The zero-order chi connectivity index (χ0) is 10.4. The van der Waals surface area contributed by atoms with Crippen LogP contribution in [0.5, 0.6) is 0 Å². The van der Waals surface area contributed by atoms with E-state index in [2.05, 4.69) is 10.3 Å². The third-order valence-corrected chi connectivity index (χ3v) is 2.17. The summed E-state index contributed by atoms with van der Waals surface area (Å²) in [6.07, 6.45) is 3.57. The average Bonchev–Trinajstić information content (AvgIpc) is 2.66. The molecule has 1 rings (SSSR count). The zero-order valence-electron chi connectivity index (χ0n) is 9.04. The minimum absolute atomic E-state index is 0.221. The van der Waals surface area contributed by atoms with Crippen molar-refractivity contribution in [1.29, 1.82) is 0 Å². The van der Waals surface area contributed by atoms with Crippen LogP contribution in [-0.2, 0) is 11.2 Å². The van der Waals surface area contributed by atoms with Crippen molar-refractivity contribution in [3.8, 4) is 0 Å². The first-order valence-electron chi connectivity index (χ1n) is 4.88. The molecule has 0 aliphatic heterocycles. The first kappa shape index (κ1) is 11.2. The fourth-order valence-electron chi connectivity index (χ4n) is 1.15. The van der Waals surface area contributed by atoms with Crippen molar-refractivity contribution < 1.29 is 9.15 Å². The fourth-order valence-corrected chi connectivity index (χ4v) is 1.15. The first-order chi connectivity index (χ1) is 6.77. The molecule has 4 nitrogen and oxygen atoms in total. The van der Waals surface area contributed by atoms with Crippen molar-refractivity contribution in [1.82, 2.24) is 10.3 Å². The van der Waals surface area contributed by atoms with Crippen LogP contribution >= 0.6 is 0 Å². The Kier molecular flexibility index (Phi) is 4.62. The molecule has 1 heterocycles. The summed E-state index contributed by atoms with van der Waals surface area (Å²) >= 11 is 0. The molecule has 0 amide bonds. The van der Waals surface area contributed by atoms with Gasteiger partial charge in [0.1, 0.15) is 5.76 Å². The molecule has 1 atom stereocenters. The van der Waals surface area contributed by atoms with Gasteiger partial charge in [-0.05, 0) is 20.4 Å². The molecule has 0 fully saturated rings. The van der Waals surface area contributed by atoms with E-state index >= 15 is 0 Å². The Hall–Kier alpha value is -0.870. The van der Waals surface area contributed by atoms with E-state index in [-0.39, 0.29) is 6.04 Å². The summed E-state index contributed by atoms with van der Waals surface area (Å²) in [5.41, 5.74) is 0. The molecular formula is C10H18N2O2. The molecular weight excluding hydrogens is 180 g/mol. The van der Waals surface area contributed by atoms with Gasteiger partial charge >= 0.3 is 0 Å². The van der Waals surface area contributed by atoms with Gasteiger partial charge in [0.15, 0.2) is 5.89 Å². The van der Waals surface area contributed by atoms with Crippen LogP contribution in [0.3, 0.4) is 0 Å². The summed E-state index contributed by atoms with van der Waals surface area (Å²) in [4.78, 5) is 4.19. The summed E-state index contributed by atoms with van der Waals surface area (Å²) in [5.74, 6) is 1.68. The minimum atomic E-state index is 0.221. The van der Waals surface area contributed by atoms with Crippen molar-refractivity contribution in [3.63, 3.8) is 0 Å². The van der Waals surface area contributed by atoms with Gasteiger partial charge in [-0.25, -0.2) is 4.98 Å². The highest BCUT2D eigenvalue weighted by atomic mass is 16.5. The predicted molar refractivity (Wildman–Crippen MR) is 54.2 cm³/mol. The lowest BCUT2D eigenvalue weighted by Crippen LogP contribution is -2.11. The van der Waals surface area contributed by atoms with Crippen LogP contribution in [0.1, 0.15) is 31.0 Å². The Balaban J connectivity index is 2.42. The molecule has 14 heavy (non-hydrogen) atoms. The van der Waals surface area contributed by atoms with Gasteiger partial charge in [-0.1, -0.05) is 0 Å². The lowest BCUT2D eigenvalue weighted by atomic mass is 10.3. The lowest BCUT2D eigenvalue weighted by molar-refractivity contribution is 0.192. The number of hydrogen-bond acceptors (Lipinski definition) is 4. The average molecular weight is 198 g/mol. The lowest BCUT2D eigenvalue weighted by Gasteiger charge is -2.04. The second-order valence-corrected chi connectivity index (χ2v) is 3.26. The van der Waals surface area contributed by atoms with Gasteiger partial charge in [0.2, 0.25) is 0 Å². The van der Waals surface area contributed by atoms with Gasteiger partial charge in [-0.3, -0.25) is 0 Å². The predicted octanol–water partition coefficient (Wildman–Crippen LogP) is 1.53. The van der Waals surface area contributed by atoms with Gasteiger partial charge in [0, 0.05) is 20.1 Å². The van der Waals surface area contributed by atoms with E-state index in [1.54, 1.807) is 13.3 Å². The Morgan fingerprint density at radius 3 is 3.07 bits per heavy atom. The van der Waals surface area contributed by atoms with Crippen LogP contribution in [0.15, 0.2) is 10.6 Å².